The molecule has 0 aliphatic carbocycles. The Kier molecular flexibility index (Phi) is 7.58. The summed E-state index contributed by atoms with van der Waals surface area (Å²) in [6.45, 7) is 5.63. The Morgan fingerprint density at radius 3 is 2.56 bits per heavy atom. The quantitative estimate of drug-likeness (QED) is 0.276. The minimum atomic E-state index is -1.06. The van der Waals surface area contributed by atoms with Crippen LogP contribution in [0.4, 0.5) is 5.69 Å². The summed E-state index contributed by atoms with van der Waals surface area (Å²) in [5.41, 5.74) is 1.16. The number of amides is 1. The Bertz CT molecular complexity index is 1260. The zero-order valence-corrected chi connectivity index (χ0v) is 20.9. The fourth-order valence-electron chi connectivity index (χ4n) is 4.03. The van der Waals surface area contributed by atoms with E-state index in [1.54, 1.807) is 20.8 Å². The van der Waals surface area contributed by atoms with Crippen molar-refractivity contribution in [1.29, 1.82) is 0 Å². The molecule has 0 saturated carbocycles. The molecule has 0 unspecified atom stereocenters. The number of benzene rings is 2. The molecule has 2 aliphatic heterocycles. The highest BCUT2D eigenvalue weighted by Crippen LogP contribution is 2.45. The summed E-state index contributed by atoms with van der Waals surface area (Å²) in [4.78, 5) is 43.0. The van der Waals surface area contributed by atoms with Crippen LogP contribution in [0.25, 0.3) is 0 Å². The Labute approximate surface area is 212 Å². The van der Waals surface area contributed by atoms with E-state index in [-0.39, 0.29) is 59.8 Å². The molecule has 0 N–H and O–H groups in total. The fraction of sp³-hybridized carbons (Fsp3) is 0.320. The molecule has 0 bridgehead atoms. The molecule has 36 heavy (non-hydrogen) atoms. The first-order valence-corrected chi connectivity index (χ1v) is 12.4. The predicted octanol–water partition coefficient (Wildman–Crippen LogP) is 4.40. The average molecular weight is 512 g/mol. The number of thioether (sulfide) groups is 1. The van der Waals surface area contributed by atoms with Gasteiger partial charge >= 0.3 is 5.97 Å². The number of aliphatic imine (C=N–C) groups is 1. The van der Waals surface area contributed by atoms with Crippen LogP contribution in [-0.4, -0.2) is 45.8 Å². The van der Waals surface area contributed by atoms with Crippen LogP contribution in [0.5, 0.6) is 11.5 Å². The molecule has 1 saturated heterocycles. The van der Waals surface area contributed by atoms with Gasteiger partial charge < -0.3 is 14.2 Å². The Balaban J connectivity index is 1.83. The van der Waals surface area contributed by atoms with Gasteiger partial charge in [-0.1, -0.05) is 42.1 Å². The van der Waals surface area contributed by atoms with E-state index >= 15 is 0 Å². The molecule has 188 valence electrons. The molecule has 0 radical (unpaired) electrons. The highest BCUT2D eigenvalue weighted by atomic mass is 32.2. The van der Waals surface area contributed by atoms with Gasteiger partial charge in [0, 0.05) is 5.70 Å². The molecule has 11 heteroatoms. The van der Waals surface area contributed by atoms with Crippen LogP contribution in [0.2, 0.25) is 0 Å². The summed E-state index contributed by atoms with van der Waals surface area (Å²) in [7, 11) is 0. The molecule has 1 amide bonds. The van der Waals surface area contributed by atoms with Gasteiger partial charge in [0.25, 0.3) is 5.69 Å². The minimum absolute atomic E-state index is 0.0694. The molecule has 10 nitrogen and oxygen atoms in total. The second-order valence-corrected chi connectivity index (χ2v) is 8.82. The lowest BCUT2D eigenvalue weighted by Crippen LogP contribution is -2.35. The van der Waals surface area contributed by atoms with Gasteiger partial charge in [0.15, 0.2) is 16.7 Å². The van der Waals surface area contributed by atoms with E-state index < -0.39 is 16.9 Å². The number of esters is 1. The number of amidine groups is 1. The van der Waals surface area contributed by atoms with Crippen molar-refractivity contribution in [1.82, 2.24) is 4.90 Å². The number of hydrogen-bond donors (Lipinski definition) is 0. The third-order valence-corrected chi connectivity index (χ3v) is 6.56. The van der Waals surface area contributed by atoms with Gasteiger partial charge in [0.1, 0.15) is 12.6 Å². The van der Waals surface area contributed by atoms with Crippen LogP contribution in [0, 0.1) is 10.1 Å². The zero-order valence-electron chi connectivity index (χ0n) is 20.1. The number of allylic oxidation sites excluding steroid dienone is 1. The SMILES string of the molecule is CCOC(=O)C1=C(C)N2C(=O)CSC2=N[C@H]1c1cc(OCC)c(OCc2ccccc2)cc1[N+](=O)[O-]. The van der Waals surface area contributed by atoms with E-state index in [0.717, 1.165) is 5.56 Å². The smallest absolute Gasteiger partial charge is 0.338 e. The number of nitro benzene ring substituents is 1. The lowest BCUT2D eigenvalue weighted by atomic mass is 9.94. The molecule has 2 aromatic rings. The van der Waals surface area contributed by atoms with Gasteiger partial charge in [0.2, 0.25) is 5.91 Å². The van der Waals surface area contributed by atoms with E-state index in [9.17, 15) is 19.7 Å². The molecule has 0 aromatic heterocycles. The van der Waals surface area contributed by atoms with Crippen molar-refractivity contribution >= 4 is 34.5 Å². The van der Waals surface area contributed by atoms with Crippen molar-refractivity contribution in [2.24, 2.45) is 4.99 Å². The number of nitro groups is 1. The number of nitrogens with zero attached hydrogens (tertiary/aromatic N) is 3. The van der Waals surface area contributed by atoms with Gasteiger partial charge in [-0.15, -0.1) is 0 Å². The highest BCUT2D eigenvalue weighted by molar-refractivity contribution is 8.15. The van der Waals surface area contributed by atoms with Crippen molar-refractivity contribution in [2.75, 3.05) is 19.0 Å². The molecule has 4 rings (SSSR count). The molecular formula is C25H25N3O7S. The van der Waals surface area contributed by atoms with E-state index in [2.05, 4.69) is 4.99 Å². The summed E-state index contributed by atoms with van der Waals surface area (Å²) in [6.07, 6.45) is 0. The van der Waals surface area contributed by atoms with Crippen molar-refractivity contribution in [3.63, 3.8) is 0 Å². The number of fused-ring (bicyclic) bond motifs is 1. The summed E-state index contributed by atoms with van der Waals surface area (Å²) in [5.74, 6) is -0.259. The van der Waals surface area contributed by atoms with Crippen LogP contribution in [0.1, 0.15) is 37.9 Å². The normalized spacial score (nSPS) is 17.0. The minimum Gasteiger partial charge on any atom is -0.490 e. The van der Waals surface area contributed by atoms with Gasteiger partial charge in [-0.3, -0.25) is 19.8 Å². The van der Waals surface area contributed by atoms with Crippen LogP contribution < -0.4 is 9.47 Å². The number of rotatable bonds is 9. The summed E-state index contributed by atoms with van der Waals surface area (Å²) < 4.78 is 16.9. The maximum absolute atomic E-state index is 13.0. The summed E-state index contributed by atoms with van der Waals surface area (Å²) >= 11 is 1.22. The molecule has 1 atom stereocenters. The Morgan fingerprint density at radius 2 is 1.89 bits per heavy atom. The largest absolute Gasteiger partial charge is 0.490 e. The summed E-state index contributed by atoms with van der Waals surface area (Å²) in [6, 6.07) is 11.1. The third kappa shape index (κ3) is 4.92. The average Bonchev–Trinajstić information content (AvgIpc) is 3.24. The molecule has 2 aromatic carbocycles. The number of carbonyl (C=O) groups is 2. The molecular weight excluding hydrogens is 486 g/mol. The number of carbonyl (C=O) groups excluding carboxylic acids is 2. The van der Waals surface area contributed by atoms with Crippen molar-refractivity contribution in [3.8, 4) is 11.5 Å². The Morgan fingerprint density at radius 1 is 1.17 bits per heavy atom. The van der Waals surface area contributed by atoms with Gasteiger partial charge in [-0.05, 0) is 32.4 Å². The standard InChI is InChI=1S/C25H25N3O7S/c1-4-33-19-11-17(18(28(31)32)12-20(19)35-13-16-9-7-6-8-10-16)23-22(24(30)34-5-2)15(3)27-21(29)14-36-25(27)26-23/h6-12,23H,4-5,13-14H2,1-3H3/t23-/m0/s1. The van der Waals surface area contributed by atoms with Crippen LogP contribution in [0.3, 0.4) is 0 Å². The van der Waals surface area contributed by atoms with Crippen molar-refractivity contribution < 1.29 is 28.7 Å². The predicted molar refractivity (Wildman–Crippen MR) is 134 cm³/mol. The van der Waals surface area contributed by atoms with E-state index in [4.69, 9.17) is 14.2 Å². The fourth-order valence-corrected chi connectivity index (χ4v) is 4.96. The molecule has 2 aliphatic rings. The maximum Gasteiger partial charge on any atom is 0.338 e. The first-order valence-electron chi connectivity index (χ1n) is 11.4. The topological polar surface area (TPSA) is 121 Å². The first kappa shape index (κ1) is 25.2. The second-order valence-electron chi connectivity index (χ2n) is 7.87. The Hall–Kier alpha value is -3.86. The monoisotopic (exact) mass is 511 g/mol. The van der Waals surface area contributed by atoms with E-state index in [1.165, 1.54) is 28.8 Å². The third-order valence-electron chi connectivity index (χ3n) is 5.62. The highest BCUT2D eigenvalue weighted by Gasteiger charge is 2.42. The number of hydrogen-bond acceptors (Lipinski definition) is 9. The summed E-state index contributed by atoms with van der Waals surface area (Å²) in [5, 5.41) is 12.6. The lowest BCUT2D eigenvalue weighted by Gasteiger charge is -2.29. The van der Waals surface area contributed by atoms with E-state index in [1.807, 2.05) is 30.3 Å². The van der Waals surface area contributed by atoms with Gasteiger partial charge in [-0.25, -0.2) is 9.79 Å². The molecule has 1 fully saturated rings. The zero-order chi connectivity index (χ0) is 25.8. The van der Waals surface area contributed by atoms with Crippen molar-refractivity contribution in [2.45, 2.75) is 33.4 Å². The van der Waals surface area contributed by atoms with Gasteiger partial charge in [-0.2, -0.15) is 0 Å². The van der Waals surface area contributed by atoms with Crippen molar-refractivity contribution in [3.05, 3.63) is 75.0 Å². The molecule has 0 spiro atoms. The lowest BCUT2D eigenvalue weighted by molar-refractivity contribution is -0.385. The van der Waals surface area contributed by atoms with Gasteiger partial charge in [0.05, 0.1) is 41.1 Å². The molecule has 2 heterocycles. The second kappa shape index (κ2) is 10.8. The van der Waals surface area contributed by atoms with Crippen LogP contribution in [-0.2, 0) is 20.9 Å². The number of ether oxygens (including phenoxy) is 3. The first-order chi connectivity index (χ1) is 17.3. The van der Waals surface area contributed by atoms with E-state index in [0.29, 0.717) is 10.9 Å². The van der Waals surface area contributed by atoms with Crippen LogP contribution in [0.15, 0.2) is 58.7 Å². The van der Waals surface area contributed by atoms with Crippen LogP contribution >= 0.6 is 11.8 Å². The maximum atomic E-state index is 13.0.